The highest BCUT2D eigenvalue weighted by molar-refractivity contribution is 6.10. The molecule has 0 amide bonds. The van der Waals surface area contributed by atoms with Crippen molar-refractivity contribution < 1.29 is 4.74 Å². The van der Waals surface area contributed by atoms with Gasteiger partial charge in [0.25, 0.3) is 0 Å². The number of ether oxygens (including phenoxy) is 1. The number of hydrogen-bond acceptors (Lipinski definition) is 5. The van der Waals surface area contributed by atoms with Gasteiger partial charge in [0.2, 0.25) is 0 Å². The van der Waals surface area contributed by atoms with Crippen molar-refractivity contribution in [1.82, 2.24) is 19.9 Å². The van der Waals surface area contributed by atoms with Crippen LogP contribution in [0.3, 0.4) is 0 Å². The van der Waals surface area contributed by atoms with Gasteiger partial charge in [-0.25, -0.2) is 9.97 Å². The Morgan fingerprint density at radius 1 is 1.03 bits per heavy atom. The van der Waals surface area contributed by atoms with Crippen LogP contribution in [0.4, 0.5) is 11.4 Å². The van der Waals surface area contributed by atoms with Gasteiger partial charge in [0.1, 0.15) is 24.2 Å². The molecule has 4 aromatic rings. The third-order valence-corrected chi connectivity index (χ3v) is 5.21. The van der Waals surface area contributed by atoms with E-state index in [0.29, 0.717) is 6.61 Å². The summed E-state index contributed by atoms with van der Waals surface area (Å²) in [7, 11) is 0. The van der Waals surface area contributed by atoms with Gasteiger partial charge in [0, 0.05) is 28.8 Å². The van der Waals surface area contributed by atoms with Crippen molar-refractivity contribution in [2.24, 2.45) is 0 Å². The van der Waals surface area contributed by atoms with Crippen LogP contribution in [0.1, 0.15) is 19.5 Å². The van der Waals surface area contributed by atoms with E-state index in [9.17, 15) is 0 Å². The smallest absolute Gasteiger partial charge is 0.119 e. The number of anilines is 2. The van der Waals surface area contributed by atoms with Gasteiger partial charge >= 0.3 is 0 Å². The molecule has 2 heterocycles. The Morgan fingerprint density at radius 2 is 1.83 bits per heavy atom. The number of nitrogens with zero attached hydrogens (tertiary/aromatic N) is 3. The van der Waals surface area contributed by atoms with Crippen LogP contribution < -0.4 is 10.1 Å². The SMILES string of the molecule is CCN(CC)CCOc1ccc(Nc2cc(C)[nH]c3ccc4ncnc4c23)cc1. The highest BCUT2D eigenvalue weighted by Gasteiger charge is 2.10. The van der Waals surface area contributed by atoms with Gasteiger partial charge in [-0.15, -0.1) is 0 Å². The Bertz CT molecular complexity index is 1100. The van der Waals surface area contributed by atoms with Crippen molar-refractivity contribution in [3.63, 3.8) is 0 Å². The van der Waals surface area contributed by atoms with E-state index in [2.05, 4.69) is 58.1 Å². The summed E-state index contributed by atoms with van der Waals surface area (Å²) in [6, 6.07) is 14.2. The topological polar surface area (TPSA) is 66.1 Å². The molecule has 0 saturated carbocycles. The number of aryl methyl sites for hydroxylation is 1. The van der Waals surface area contributed by atoms with Gasteiger partial charge in [-0.2, -0.15) is 0 Å². The number of nitrogens with one attached hydrogen (secondary N) is 2. The molecule has 0 aliphatic carbocycles. The summed E-state index contributed by atoms with van der Waals surface area (Å²) in [5, 5.41) is 4.58. The van der Waals surface area contributed by atoms with Gasteiger partial charge in [0.05, 0.1) is 11.2 Å². The Balaban J connectivity index is 1.53. The second kappa shape index (κ2) is 8.49. The van der Waals surface area contributed by atoms with E-state index in [0.717, 1.165) is 64.4 Å². The summed E-state index contributed by atoms with van der Waals surface area (Å²) in [6.07, 6.45) is 1.61. The molecule has 2 aromatic carbocycles. The van der Waals surface area contributed by atoms with Gasteiger partial charge < -0.3 is 19.9 Å². The predicted octanol–water partition coefficient (Wildman–Crippen LogP) is 4.88. The van der Waals surface area contributed by atoms with Crippen LogP contribution in [0.15, 0.2) is 48.8 Å². The van der Waals surface area contributed by atoms with Crippen molar-refractivity contribution in [2.45, 2.75) is 20.8 Å². The number of rotatable bonds is 8. The molecule has 0 unspecified atom stereocenters. The van der Waals surface area contributed by atoms with E-state index >= 15 is 0 Å². The number of fused-ring (bicyclic) bond motifs is 3. The maximum atomic E-state index is 5.89. The normalized spacial score (nSPS) is 11.4. The molecule has 2 aromatic heterocycles. The summed E-state index contributed by atoms with van der Waals surface area (Å²) in [6.45, 7) is 10.1. The molecule has 0 aliphatic rings. The van der Waals surface area contributed by atoms with E-state index in [-0.39, 0.29) is 0 Å². The molecule has 0 radical (unpaired) electrons. The number of aromatic amines is 1. The van der Waals surface area contributed by atoms with E-state index in [1.807, 2.05) is 30.3 Å². The maximum absolute atomic E-state index is 5.89. The Labute approximate surface area is 170 Å². The molecule has 0 spiro atoms. The Morgan fingerprint density at radius 3 is 2.59 bits per heavy atom. The number of hydrogen-bond donors (Lipinski definition) is 2. The lowest BCUT2D eigenvalue weighted by atomic mass is 10.1. The van der Waals surface area contributed by atoms with Crippen molar-refractivity contribution in [3.05, 3.63) is 54.5 Å². The summed E-state index contributed by atoms with van der Waals surface area (Å²) >= 11 is 0. The summed E-state index contributed by atoms with van der Waals surface area (Å²) in [5.41, 5.74) is 5.93. The fraction of sp³-hybridized carbons (Fsp3) is 0.304. The number of benzene rings is 2. The summed E-state index contributed by atoms with van der Waals surface area (Å²) < 4.78 is 5.89. The van der Waals surface area contributed by atoms with Crippen LogP contribution in [0, 0.1) is 6.92 Å². The quantitative estimate of drug-likeness (QED) is 0.449. The first-order valence-corrected chi connectivity index (χ1v) is 10.1. The molecule has 2 N–H and O–H groups in total. The lowest BCUT2D eigenvalue weighted by Gasteiger charge is -2.18. The Kier molecular flexibility index (Phi) is 5.62. The third-order valence-electron chi connectivity index (χ3n) is 5.21. The number of imidazole rings is 1. The molecule has 29 heavy (non-hydrogen) atoms. The first-order valence-electron chi connectivity index (χ1n) is 10.1. The van der Waals surface area contributed by atoms with Crippen LogP contribution in [0.25, 0.3) is 21.9 Å². The van der Waals surface area contributed by atoms with Crippen LogP contribution >= 0.6 is 0 Å². The molecule has 6 nitrogen and oxygen atoms in total. The summed E-state index contributed by atoms with van der Waals surface area (Å²) in [4.78, 5) is 14.6. The average molecular weight is 390 g/mol. The van der Waals surface area contributed by atoms with Gasteiger partial charge in [0.15, 0.2) is 0 Å². The summed E-state index contributed by atoms with van der Waals surface area (Å²) in [5.74, 6) is 0.884. The lowest BCUT2D eigenvalue weighted by Crippen LogP contribution is -2.27. The monoisotopic (exact) mass is 389 g/mol. The predicted molar refractivity (Wildman–Crippen MR) is 119 cm³/mol. The van der Waals surface area contributed by atoms with Crippen molar-refractivity contribution in [1.29, 1.82) is 0 Å². The average Bonchev–Trinajstić information content (AvgIpc) is 3.21. The second-order valence-corrected chi connectivity index (χ2v) is 7.12. The van der Waals surface area contributed by atoms with E-state index in [1.165, 1.54) is 0 Å². The number of aromatic nitrogens is 3. The largest absolute Gasteiger partial charge is 0.492 e. The fourth-order valence-corrected chi connectivity index (χ4v) is 3.60. The molecule has 0 atom stereocenters. The molecule has 150 valence electrons. The van der Waals surface area contributed by atoms with Gasteiger partial charge in [-0.05, 0) is 62.5 Å². The van der Waals surface area contributed by atoms with Crippen molar-refractivity contribution in [2.75, 3.05) is 31.6 Å². The van der Waals surface area contributed by atoms with Crippen LogP contribution in [-0.2, 0) is 0 Å². The first-order chi connectivity index (χ1) is 14.2. The molecular weight excluding hydrogens is 362 g/mol. The van der Waals surface area contributed by atoms with E-state index in [1.54, 1.807) is 6.33 Å². The van der Waals surface area contributed by atoms with Crippen LogP contribution in [0.2, 0.25) is 0 Å². The Hall–Kier alpha value is -3.12. The highest BCUT2D eigenvalue weighted by atomic mass is 16.5. The zero-order valence-electron chi connectivity index (χ0n) is 17.2. The molecule has 0 bridgehead atoms. The third kappa shape index (κ3) is 4.17. The molecule has 0 aliphatic heterocycles. The highest BCUT2D eigenvalue weighted by Crippen LogP contribution is 2.31. The minimum Gasteiger partial charge on any atom is -0.492 e. The minimum atomic E-state index is 0.695. The fourth-order valence-electron chi connectivity index (χ4n) is 3.60. The molecule has 0 saturated heterocycles. The minimum absolute atomic E-state index is 0.695. The molecule has 0 fully saturated rings. The standard InChI is InChI=1S/C23H27N5O/c1-4-28(5-2)12-13-29-18-8-6-17(7-9-18)27-21-14-16(3)26-19-10-11-20-23(22(19)21)25-15-24-20/h6-11,14-15,26-27H,4-5,12-13H2,1-3H3. The van der Waals surface area contributed by atoms with E-state index in [4.69, 9.17) is 4.74 Å². The second-order valence-electron chi connectivity index (χ2n) is 7.12. The number of H-pyrrole nitrogens is 1. The first kappa shape index (κ1) is 19.2. The van der Waals surface area contributed by atoms with Crippen molar-refractivity contribution in [3.8, 4) is 5.75 Å². The molecular formula is C23H27N5O. The van der Waals surface area contributed by atoms with Crippen LogP contribution in [-0.4, -0.2) is 46.1 Å². The zero-order chi connectivity index (χ0) is 20.2. The number of pyridine rings is 1. The lowest BCUT2D eigenvalue weighted by molar-refractivity contribution is 0.223. The van der Waals surface area contributed by atoms with Crippen molar-refractivity contribution >= 4 is 33.3 Å². The number of likely N-dealkylation sites (N-methyl/N-ethyl adjacent to an activating group) is 1. The molecule has 4 rings (SSSR count). The zero-order valence-corrected chi connectivity index (χ0v) is 17.2. The van der Waals surface area contributed by atoms with Gasteiger partial charge in [-0.1, -0.05) is 13.8 Å². The van der Waals surface area contributed by atoms with E-state index < -0.39 is 0 Å². The van der Waals surface area contributed by atoms with Gasteiger partial charge in [-0.3, -0.25) is 0 Å². The maximum Gasteiger partial charge on any atom is 0.119 e. The molecule has 6 heteroatoms. The van der Waals surface area contributed by atoms with Crippen LogP contribution in [0.5, 0.6) is 5.75 Å².